The third kappa shape index (κ3) is 5.86. The van der Waals surface area contributed by atoms with Crippen LogP contribution < -0.4 is 19.8 Å². The highest BCUT2D eigenvalue weighted by Crippen LogP contribution is 2.28. The number of nitrogens with zero attached hydrogens (tertiary/aromatic N) is 3. The molecule has 2 aromatic heterocycles. The van der Waals surface area contributed by atoms with Gasteiger partial charge in [0, 0.05) is 26.3 Å². The molecule has 2 heterocycles. The molecule has 0 spiro atoms. The summed E-state index contributed by atoms with van der Waals surface area (Å²) in [6.45, 7) is 2.53. The minimum absolute atomic E-state index is 0.0498. The molecule has 4 rings (SSSR count). The normalized spacial score (nSPS) is 11.1. The third-order valence-electron chi connectivity index (χ3n) is 6.34. The number of benzene rings is 2. The Balaban J connectivity index is 1.26. The summed E-state index contributed by atoms with van der Waals surface area (Å²) >= 11 is 0. The summed E-state index contributed by atoms with van der Waals surface area (Å²) in [4.78, 5) is 19.3. The van der Waals surface area contributed by atoms with Crippen molar-refractivity contribution in [3.63, 3.8) is 0 Å². The van der Waals surface area contributed by atoms with Crippen molar-refractivity contribution in [2.45, 2.75) is 12.8 Å². The fourth-order valence-corrected chi connectivity index (χ4v) is 4.22. The molecule has 0 fully saturated rings. The van der Waals surface area contributed by atoms with Gasteiger partial charge in [-0.3, -0.25) is 9.78 Å². The summed E-state index contributed by atoms with van der Waals surface area (Å²) in [7, 11) is 7.21. The molecule has 0 radical (unpaired) electrons. The average molecular weight is 488 g/mol. The van der Waals surface area contributed by atoms with E-state index in [1.165, 1.54) is 5.56 Å². The highest BCUT2D eigenvalue weighted by molar-refractivity contribution is 5.81. The maximum Gasteiger partial charge on any atom is 0.260 e. The van der Waals surface area contributed by atoms with Crippen LogP contribution in [0.5, 0.6) is 17.2 Å². The number of hydrogen-bond acceptors (Lipinski definition) is 6. The van der Waals surface area contributed by atoms with Crippen molar-refractivity contribution in [1.82, 2.24) is 14.5 Å². The molecule has 0 aliphatic rings. The summed E-state index contributed by atoms with van der Waals surface area (Å²) in [5.41, 5.74) is 3.64. The molecular formula is C29H33N3O4. The van der Waals surface area contributed by atoms with Crippen molar-refractivity contribution in [2.75, 3.05) is 41.0 Å². The predicted octanol–water partition coefficient (Wildman–Crippen LogP) is 4.56. The molecule has 2 aromatic carbocycles. The van der Waals surface area contributed by atoms with E-state index < -0.39 is 0 Å². The van der Waals surface area contributed by atoms with Crippen LogP contribution >= 0.6 is 0 Å². The Morgan fingerprint density at radius 1 is 0.944 bits per heavy atom. The van der Waals surface area contributed by atoms with Crippen molar-refractivity contribution in [1.29, 1.82) is 0 Å². The Bertz CT molecular complexity index is 1370. The number of pyridine rings is 2. The van der Waals surface area contributed by atoms with Crippen LogP contribution in [0.2, 0.25) is 0 Å². The Hall–Kier alpha value is -3.84. The van der Waals surface area contributed by atoms with E-state index in [1.54, 1.807) is 44.2 Å². The van der Waals surface area contributed by atoms with Crippen molar-refractivity contribution >= 4 is 10.9 Å². The molecule has 4 aromatic rings. The molecule has 0 amide bonds. The predicted molar refractivity (Wildman–Crippen MR) is 143 cm³/mol. The van der Waals surface area contributed by atoms with E-state index in [2.05, 4.69) is 23.0 Å². The van der Waals surface area contributed by atoms with Gasteiger partial charge in [0.15, 0.2) is 11.5 Å². The molecule has 0 bridgehead atoms. The molecule has 36 heavy (non-hydrogen) atoms. The van der Waals surface area contributed by atoms with Crippen LogP contribution in [0.1, 0.15) is 12.0 Å². The van der Waals surface area contributed by atoms with Gasteiger partial charge < -0.3 is 23.7 Å². The monoisotopic (exact) mass is 487 g/mol. The van der Waals surface area contributed by atoms with Crippen LogP contribution in [0.25, 0.3) is 22.2 Å². The molecule has 7 nitrogen and oxygen atoms in total. The van der Waals surface area contributed by atoms with E-state index in [1.807, 2.05) is 42.5 Å². The first-order valence-electron chi connectivity index (χ1n) is 12.1. The molecule has 188 valence electrons. The maximum absolute atomic E-state index is 12.7. The zero-order chi connectivity index (χ0) is 25.5. The lowest BCUT2D eigenvalue weighted by atomic mass is 10.1. The van der Waals surface area contributed by atoms with Crippen LogP contribution in [0.4, 0.5) is 0 Å². The summed E-state index contributed by atoms with van der Waals surface area (Å²) in [5, 5.41) is 0.623. The van der Waals surface area contributed by atoms with Gasteiger partial charge in [0.2, 0.25) is 0 Å². The average Bonchev–Trinajstić information content (AvgIpc) is 2.92. The third-order valence-corrected chi connectivity index (χ3v) is 6.34. The standard InChI is InChI=1S/C29H33N3O4/c1-31(17-14-21-8-13-27(34-3)28(19-21)35-4)16-6-18-36-23-11-9-22(10-12-23)26-20-25-24(7-5-15-30-25)29(33)32(26)2/h5,7-13,15,19-20H,6,14,16-18H2,1-4H3. The van der Waals surface area contributed by atoms with E-state index >= 15 is 0 Å². The first kappa shape index (κ1) is 25.3. The topological polar surface area (TPSA) is 65.8 Å². The minimum Gasteiger partial charge on any atom is -0.494 e. The molecule has 0 atom stereocenters. The summed E-state index contributed by atoms with van der Waals surface area (Å²) in [5.74, 6) is 2.32. The fourth-order valence-electron chi connectivity index (χ4n) is 4.22. The van der Waals surface area contributed by atoms with Crippen LogP contribution in [-0.4, -0.2) is 55.4 Å². The number of fused-ring (bicyclic) bond motifs is 1. The van der Waals surface area contributed by atoms with Crippen molar-refractivity contribution in [3.05, 3.63) is 82.8 Å². The second-order valence-corrected chi connectivity index (χ2v) is 8.80. The maximum atomic E-state index is 12.7. The quantitative estimate of drug-likeness (QED) is 0.289. The van der Waals surface area contributed by atoms with Crippen LogP contribution in [0, 0.1) is 0 Å². The van der Waals surface area contributed by atoms with Crippen LogP contribution in [0.3, 0.4) is 0 Å². The first-order valence-corrected chi connectivity index (χ1v) is 12.1. The number of aromatic nitrogens is 2. The van der Waals surface area contributed by atoms with Gasteiger partial charge in [-0.05, 0) is 85.6 Å². The molecule has 0 saturated heterocycles. The summed E-state index contributed by atoms with van der Waals surface area (Å²) < 4.78 is 18.3. The molecule has 0 unspecified atom stereocenters. The smallest absolute Gasteiger partial charge is 0.260 e. The van der Waals surface area contributed by atoms with E-state index in [0.29, 0.717) is 17.5 Å². The molecule has 0 saturated carbocycles. The minimum atomic E-state index is -0.0498. The zero-order valence-electron chi connectivity index (χ0n) is 21.4. The SMILES string of the molecule is COc1ccc(CCN(C)CCCOc2ccc(-c3cc4ncccc4c(=O)n3C)cc2)cc1OC. The molecular weight excluding hydrogens is 454 g/mol. The van der Waals surface area contributed by atoms with Crippen molar-refractivity contribution in [3.8, 4) is 28.5 Å². The Morgan fingerprint density at radius 2 is 1.72 bits per heavy atom. The van der Waals surface area contributed by atoms with Gasteiger partial charge in [-0.15, -0.1) is 0 Å². The highest BCUT2D eigenvalue weighted by atomic mass is 16.5. The second-order valence-electron chi connectivity index (χ2n) is 8.80. The van der Waals surface area contributed by atoms with Gasteiger partial charge in [-0.2, -0.15) is 0 Å². The summed E-state index contributed by atoms with van der Waals surface area (Å²) in [6.07, 6.45) is 3.57. The van der Waals surface area contributed by atoms with E-state index in [4.69, 9.17) is 14.2 Å². The lowest BCUT2D eigenvalue weighted by molar-refractivity contribution is 0.264. The lowest BCUT2D eigenvalue weighted by Gasteiger charge is -2.17. The van der Waals surface area contributed by atoms with Crippen LogP contribution in [0.15, 0.2) is 71.7 Å². The Morgan fingerprint density at radius 3 is 2.47 bits per heavy atom. The number of rotatable bonds is 11. The molecule has 7 heteroatoms. The fraction of sp³-hybridized carbons (Fsp3) is 0.310. The lowest BCUT2D eigenvalue weighted by Crippen LogP contribution is -2.23. The Labute approximate surface area is 211 Å². The van der Waals surface area contributed by atoms with Gasteiger partial charge in [-0.25, -0.2) is 0 Å². The molecule has 0 aliphatic heterocycles. The van der Waals surface area contributed by atoms with Crippen LogP contribution in [-0.2, 0) is 13.5 Å². The second kappa shape index (κ2) is 11.7. The zero-order valence-corrected chi connectivity index (χ0v) is 21.4. The van der Waals surface area contributed by atoms with Gasteiger partial charge in [-0.1, -0.05) is 6.07 Å². The highest BCUT2D eigenvalue weighted by Gasteiger charge is 2.10. The largest absolute Gasteiger partial charge is 0.494 e. The van der Waals surface area contributed by atoms with Gasteiger partial charge >= 0.3 is 0 Å². The number of methoxy groups -OCH3 is 2. The molecule has 0 N–H and O–H groups in total. The number of hydrogen-bond donors (Lipinski definition) is 0. The van der Waals surface area contributed by atoms with Crippen molar-refractivity contribution < 1.29 is 14.2 Å². The van der Waals surface area contributed by atoms with E-state index in [9.17, 15) is 4.79 Å². The first-order chi connectivity index (χ1) is 17.5. The summed E-state index contributed by atoms with van der Waals surface area (Å²) in [6, 6.07) is 19.5. The van der Waals surface area contributed by atoms with Crippen molar-refractivity contribution in [2.24, 2.45) is 7.05 Å². The van der Waals surface area contributed by atoms with Gasteiger partial charge in [0.25, 0.3) is 5.56 Å². The Kier molecular flexibility index (Phi) is 8.23. The van der Waals surface area contributed by atoms with E-state index in [-0.39, 0.29) is 5.56 Å². The van der Waals surface area contributed by atoms with E-state index in [0.717, 1.165) is 54.4 Å². The number of likely N-dealkylation sites (N-methyl/N-ethyl adjacent to an activating group) is 1. The van der Waals surface area contributed by atoms with Gasteiger partial charge in [0.05, 0.1) is 37.4 Å². The number of ether oxygens (including phenoxy) is 3. The van der Waals surface area contributed by atoms with Gasteiger partial charge in [0.1, 0.15) is 5.75 Å². The molecule has 0 aliphatic carbocycles.